The molecule has 5 heteroatoms. The molecule has 1 unspecified atom stereocenters. The number of piperidine rings is 1. The predicted molar refractivity (Wildman–Crippen MR) is 105 cm³/mol. The van der Waals surface area contributed by atoms with Crippen LogP contribution in [0.3, 0.4) is 0 Å². The number of likely N-dealkylation sites (tertiary alicyclic amines) is 1. The number of hydrogen-bond acceptors (Lipinski definition) is 5. The molecule has 3 rings (SSSR count). The molecule has 4 nitrogen and oxygen atoms in total. The second-order valence-corrected chi connectivity index (χ2v) is 8.21. The van der Waals surface area contributed by atoms with Gasteiger partial charge in [-0.25, -0.2) is 4.98 Å². The van der Waals surface area contributed by atoms with E-state index in [0.717, 1.165) is 26.2 Å². The average molecular weight is 359 g/mol. The lowest BCUT2D eigenvalue weighted by Crippen LogP contribution is -2.47. The van der Waals surface area contributed by atoms with Crippen LogP contribution in [0.1, 0.15) is 55.8 Å². The molecule has 0 amide bonds. The fraction of sp³-hybridized carbons (Fsp3) is 0.600. The molecular weight excluding hydrogens is 328 g/mol. The number of rotatable bonds is 7. The van der Waals surface area contributed by atoms with E-state index in [1.54, 1.807) is 0 Å². The number of nitrogens with zero attached hydrogens (tertiary/aromatic N) is 4. The maximum atomic E-state index is 4.82. The van der Waals surface area contributed by atoms with Gasteiger partial charge >= 0.3 is 0 Å². The predicted octanol–water partition coefficient (Wildman–Crippen LogP) is 4.15. The molecule has 0 saturated carbocycles. The molecule has 25 heavy (non-hydrogen) atoms. The minimum Gasteiger partial charge on any atom is -0.295 e. The van der Waals surface area contributed by atoms with Gasteiger partial charge in [0.15, 0.2) is 0 Å². The van der Waals surface area contributed by atoms with Crippen LogP contribution in [0.25, 0.3) is 0 Å². The molecule has 0 N–H and O–H groups in total. The summed E-state index contributed by atoms with van der Waals surface area (Å²) in [5, 5.41) is 3.49. The van der Waals surface area contributed by atoms with E-state index in [-0.39, 0.29) is 0 Å². The van der Waals surface area contributed by atoms with E-state index in [2.05, 4.69) is 53.1 Å². The minimum atomic E-state index is 0.523. The summed E-state index contributed by atoms with van der Waals surface area (Å²) in [6.45, 7) is 12.2. The van der Waals surface area contributed by atoms with Gasteiger partial charge in [-0.05, 0) is 49.5 Å². The first-order chi connectivity index (χ1) is 12.2. The van der Waals surface area contributed by atoms with Gasteiger partial charge in [-0.15, -0.1) is 11.3 Å². The first kappa shape index (κ1) is 18.5. The van der Waals surface area contributed by atoms with Gasteiger partial charge in [0.05, 0.1) is 12.2 Å². The first-order valence-electron chi connectivity index (χ1n) is 9.45. The van der Waals surface area contributed by atoms with E-state index >= 15 is 0 Å². The molecule has 1 fully saturated rings. The van der Waals surface area contributed by atoms with Crippen LogP contribution in [0.4, 0.5) is 0 Å². The van der Waals surface area contributed by atoms with Crippen molar-refractivity contribution in [1.29, 1.82) is 0 Å². The van der Waals surface area contributed by atoms with Crippen LogP contribution in [0.2, 0.25) is 0 Å². The van der Waals surface area contributed by atoms with Gasteiger partial charge in [-0.3, -0.25) is 14.8 Å². The molecule has 0 bridgehead atoms. The lowest BCUT2D eigenvalue weighted by molar-refractivity contribution is 0.0917. The molecule has 1 saturated heterocycles. The smallest absolute Gasteiger partial charge is 0.107 e. The van der Waals surface area contributed by atoms with Gasteiger partial charge in [0.2, 0.25) is 0 Å². The van der Waals surface area contributed by atoms with E-state index < -0.39 is 0 Å². The minimum absolute atomic E-state index is 0.523. The quantitative estimate of drug-likeness (QED) is 0.744. The van der Waals surface area contributed by atoms with E-state index in [1.807, 2.05) is 23.7 Å². The Balaban J connectivity index is 1.59. The van der Waals surface area contributed by atoms with Gasteiger partial charge in [0.25, 0.3) is 0 Å². The van der Waals surface area contributed by atoms with Crippen LogP contribution in [0, 0.1) is 0 Å². The van der Waals surface area contributed by atoms with Crippen LogP contribution >= 0.6 is 11.3 Å². The Morgan fingerprint density at radius 1 is 1.32 bits per heavy atom. The SMILES string of the molecule is CCN(Cc1ccncc1)C1CCCN(Cc2nc(C(C)C)cs2)C1. The molecule has 0 radical (unpaired) electrons. The Kier molecular flexibility index (Phi) is 6.57. The zero-order valence-corrected chi connectivity index (χ0v) is 16.5. The van der Waals surface area contributed by atoms with Crippen molar-refractivity contribution in [3.63, 3.8) is 0 Å². The Labute approximate surface area is 155 Å². The Bertz CT molecular complexity index is 640. The summed E-state index contributed by atoms with van der Waals surface area (Å²) in [5.74, 6) is 0.523. The third kappa shape index (κ3) is 5.09. The highest BCUT2D eigenvalue weighted by Crippen LogP contribution is 2.23. The number of thiazole rings is 1. The van der Waals surface area contributed by atoms with Gasteiger partial charge in [0.1, 0.15) is 5.01 Å². The summed E-state index contributed by atoms with van der Waals surface area (Å²) >= 11 is 1.82. The van der Waals surface area contributed by atoms with Crippen molar-refractivity contribution in [2.45, 2.75) is 58.7 Å². The first-order valence-corrected chi connectivity index (χ1v) is 10.3. The van der Waals surface area contributed by atoms with E-state index in [4.69, 9.17) is 4.98 Å². The fourth-order valence-corrected chi connectivity index (χ4v) is 4.55. The van der Waals surface area contributed by atoms with Gasteiger partial charge in [0, 0.05) is 36.9 Å². The lowest BCUT2D eigenvalue weighted by atomic mass is 10.0. The molecule has 2 aromatic rings. The average Bonchev–Trinajstić information content (AvgIpc) is 3.09. The monoisotopic (exact) mass is 358 g/mol. The van der Waals surface area contributed by atoms with Crippen LogP contribution < -0.4 is 0 Å². The van der Waals surface area contributed by atoms with Crippen molar-refractivity contribution in [1.82, 2.24) is 19.8 Å². The van der Waals surface area contributed by atoms with Crippen molar-refractivity contribution >= 4 is 11.3 Å². The maximum Gasteiger partial charge on any atom is 0.107 e. The Morgan fingerprint density at radius 3 is 2.80 bits per heavy atom. The van der Waals surface area contributed by atoms with Crippen LogP contribution in [-0.2, 0) is 13.1 Å². The van der Waals surface area contributed by atoms with Crippen LogP contribution in [0.5, 0.6) is 0 Å². The topological polar surface area (TPSA) is 32.3 Å². The molecule has 0 aliphatic carbocycles. The Hall–Kier alpha value is -1.30. The summed E-state index contributed by atoms with van der Waals surface area (Å²) in [7, 11) is 0. The van der Waals surface area contributed by atoms with Crippen molar-refractivity contribution in [3.8, 4) is 0 Å². The normalized spacial score (nSPS) is 19.0. The van der Waals surface area contributed by atoms with Crippen LogP contribution in [0.15, 0.2) is 29.9 Å². The lowest BCUT2D eigenvalue weighted by Gasteiger charge is -2.38. The second kappa shape index (κ2) is 8.88. The van der Waals surface area contributed by atoms with Gasteiger partial charge < -0.3 is 0 Å². The van der Waals surface area contributed by atoms with Gasteiger partial charge in [-0.2, -0.15) is 0 Å². The summed E-state index contributed by atoms with van der Waals surface area (Å²) in [5.41, 5.74) is 2.59. The largest absolute Gasteiger partial charge is 0.295 e. The van der Waals surface area contributed by atoms with Gasteiger partial charge in [-0.1, -0.05) is 20.8 Å². The number of aromatic nitrogens is 2. The molecular formula is C20H30N4S. The standard InChI is InChI=1S/C20H30N4S/c1-4-24(12-17-7-9-21-10-8-17)18-6-5-11-23(13-18)14-20-22-19(15-25-20)16(2)3/h7-10,15-16,18H,4-6,11-14H2,1-3H3. The number of pyridine rings is 1. The number of hydrogen-bond donors (Lipinski definition) is 0. The molecule has 1 atom stereocenters. The van der Waals surface area contributed by atoms with Crippen LogP contribution in [-0.4, -0.2) is 45.4 Å². The molecule has 136 valence electrons. The van der Waals surface area contributed by atoms with E-state index in [0.29, 0.717) is 12.0 Å². The molecule has 2 aromatic heterocycles. The van der Waals surface area contributed by atoms with Crippen molar-refractivity contribution < 1.29 is 0 Å². The summed E-state index contributed by atoms with van der Waals surface area (Å²) in [6, 6.07) is 4.90. The van der Waals surface area contributed by atoms with Crippen molar-refractivity contribution in [2.24, 2.45) is 0 Å². The highest BCUT2D eigenvalue weighted by molar-refractivity contribution is 7.09. The molecule has 3 heterocycles. The van der Waals surface area contributed by atoms with Crippen molar-refractivity contribution in [2.75, 3.05) is 19.6 Å². The second-order valence-electron chi connectivity index (χ2n) is 7.27. The molecule has 0 aromatic carbocycles. The third-order valence-electron chi connectivity index (χ3n) is 5.06. The van der Waals surface area contributed by atoms with E-state index in [1.165, 1.54) is 35.7 Å². The molecule has 1 aliphatic heterocycles. The van der Waals surface area contributed by atoms with E-state index in [9.17, 15) is 0 Å². The highest BCUT2D eigenvalue weighted by Gasteiger charge is 2.25. The molecule has 1 aliphatic rings. The van der Waals surface area contributed by atoms with Crippen molar-refractivity contribution in [3.05, 3.63) is 46.2 Å². The number of likely N-dealkylation sites (N-methyl/N-ethyl adjacent to an activating group) is 1. The summed E-state index contributed by atoms with van der Waals surface area (Å²) in [6.07, 6.45) is 6.36. The fourth-order valence-electron chi connectivity index (χ4n) is 3.55. The zero-order valence-electron chi connectivity index (χ0n) is 15.7. The highest BCUT2D eigenvalue weighted by atomic mass is 32.1. The summed E-state index contributed by atoms with van der Waals surface area (Å²) < 4.78 is 0. The Morgan fingerprint density at radius 2 is 2.12 bits per heavy atom. The third-order valence-corrected chi connectivity index (χ3v) is 5.91. The molecule has 0 spiro atoms. The zero-order chi connectivity index (χ0) is 17.6. The maximum absolute atomic E-state index is 4.82. The summed E-state index contributed by atoms with van der Waals surface area (Å²) in [4.78, 5) is 14.2.